The number of rotatable bonds is 5. The largest absolute Gasteiger partial charge is 0.436 e. The van der Waals surface area contributed by atoms with Crippen molar-refractivity contribution in [2.75, 3.05) is 0 Å². The van der Waals surface area contributed by atoms with Crippen LogP contribution in [0.3, 0.4) is 0 Å². The summed E-state index contributed by atoms with van der Waals surface area (Å²) >= 11 is 6.11. The van der Waals surface area contributed by atoms with Crippen LogP contribution in [-0.4, -0.2) is 11.0 Å². The van der Waals surface area contributed by atoms with E-state index in [1.807, 2.05) is 6.92 Å². The molecular weight excluding hydrogens is 291 g/mol. The Hall–Kier alpha value is -1.65. The molecule has 0 unspecified atom stereocenters. The van der Waals surface area contributed by atoms with Crippen LogP contribution in [0.1, 0.15) is 25.0 Å². The fraction of sp³-hybridized carbons (Fsp3) is 0.312. The van der Waals surface area contributed by atoms with Gasteiger partial charge in [0.25, 0.3) is 0 Å². The quantitative estimate of drug-likeness (QED) is 0.884. The van der Waals surface area contributed by atoms with E-state index in [4.69, 9.17) is 16.3 Å². The standard InChI is InChI=1S/C16H18ClFN2O/c1-10(2)19-8-12-7-16(20-9-13(12)17)21-15-6-11(3)4-5-14(15)18/h4-7,9-10,19H,8H2,1-3H3. The molecule has 0 aliphatic heterocycles. The number of pyridine rings is 1. The first-order chi connectivity index (χ1) is 9.95. The van der Waals surface area contributed by atoms with E-state index in [1.165, 1.54) is 12.3 Å². The Bertz CT molecular complexity index is 632. The van der Waals surface area contributed by atoms with Crippen LogP contribution in [0.4, 0.5) is 4.39 Å². The SMILES string of the molecule is Cc1ccc(F)c(Oc2cc(CNC(C)C)c(Cl)cn2)c1. The van der Waals surface area contributed by atoms with E-state index in [0.717, 1.165) is 11.1 Å². The van der Waals surface area contributed by atoms with Gasteiger partial charge in [0.15, 0.2) is 11.6 Å². The highest BCUT2D eigenvalue weighted by Crippen LogP contribution is 2.26. The first-order valence-electron chi connectivity index (χ1n) is 6.77. The zero-order valence-corrected chi connectivity index (χ0v) is 13.0. The highest BCUT2D eigenvalue weighted by molar-refractivity contribution is 6.31. The van der Waals surface area contributed by atoms with Gasteiger partial charge in [-0.25, -0.2) is 9.37 Å². The van der Waals surface area contributed by atoms with Crippen molar-refractivity contribution in [3.63, 3.8) is 0 Å². The summed E-state index contributed by atoms with van der Waals surface area (Å²) in [6.45, 7) is 6.58. The van der Waals surface area contributed by atoms with Crippen LogP contribution in [0, 0.1) is 12.7 Å². The molecule has 0 spiro atoms. The number of hydrogen-bond donors (Lipinski definition) is 1. The van der Waals surface area contributed by atoms with E-state index in [9.17, 15) is 4.39 Å². The summed E-state index contributed by atoms with van der Waals surface area (Å²) in [5.41, 5.74) is 1.78. The molecule has 0 aliphatic carbocycles. The van der Waals surface area contributed by atoms with Gasteiger partial charge < -0.3 is 10.1 Å². The summed E-state index contributed by atoms with van der Waals surface area (Å²) < 4.78 is 19.2. The lowest BCUT2D eigenvalue weighted by molar-refractivity contribution is 0.426. The zero-order chi connectivity index (χ0) is 15.4. The summed E-state index contributed by atoms with van der Waals surface area (Å²) in [4.78, 5) is 4.08. The van der Waals surface area contributed by atoms with Crippen molar-refractivity contribution in [3.8, 4) is 11.6 Å². The van der Waals surface area contributed by atoms with Gasteiger partial charge in [-0.2, -0.15) is 0 Å². The summed E-state index contributed by atoms with van der Waals surface area (Å²) in [6, 6.07) is 6.77. The van der Waals surface area contributed by atoms with Crippen molar-refractivity contribution in [3.05, 3.63) is 52.4 Å². The van der Waals surface area contributed by atoms with Crippen LogP contribution < -0.4 is 10.1 Å². The van der Waals surface area contributed by atoms with Gasteiger partial charge in [0.05, 0.1) is 5.02 Å². The van der Waals surface area contributed by atoms with E-state index >= 15 is 0 Å². The minimum Gasteiger partial charge on any atom is -0.436 e. The number of ether oxygens (including phenoxy) is 1. The Morgan fingerprint density at radius 2 is 2.10 bits per heavy atom. The second kappa shape index (κ2) is 6.87. The first kappa shape index (κ1) is 15.7. The molecule has 2 rings (SSSR count). The Balaban J connectivity index is 2.20. The molecule has 0 amide bonds. The average Bonchev–Trinajstić information content (AvgIpc) is 2.43. The van der Waals surface area contributed by atoms with Crippen molar-refractivity contribution in [1.29, 1.82) is 0 Å². The van der Waals surface area contributed by atoms with E-state index < -0.39 is 5.82 Å². The molecule has 1 heterocycles. The molecule has 112 valence electrons. The molecule has 0 bridgehead atoms. The van der Waals surface area contributed by atoms with E-state index in [0.29, 0.717) is 23.5 Å². The molecule has 0 saturated heterocycles. The topological polar surface area (TPSA) is 34.1 Å². The van der Waals surface area contributed by atoms with E-state index in [1.54, 1.807) is 18.2 Å². The van der Waals surface area contributed by atoms with Gasteiger partial charge in [0.1, 0.15) is 0 Å². The molecule has 5 heteroatoms. The molecule has 0 aliphatic rings. The van der Waals surface area contributed by atoms with Gasteiger partial charge in [-0.05, 0) is 30.2 Å². The van der Waals surface area contributed by atoms with Crippen molar-refractivity contribution < 1.29 is 9.13 Å². The highest BCUT2D eigenvalue weighted by Gasteiger charge is 2.09. The van der Waals surface area contributed by atoms with Crippen LogP contribution in [0.5, 0.6) is 11.6 Å². The van der Waals surface area contributed by atoms with Crippen LogP contribution in [0.15, 0.2) is 30.5 Å². The number of nitrogens with one attached hydrogen (secondary N) is 1. The fourth-order valence-corrected chi connectivity index (χ4v) is 1.94. The third kappa shape index (κ3) is 4.41. The van der Waals surface area contributed by atoms with Gasteiger partial charge >= 0.3 is 0 Å². The molecular formula is C16H18ClFN2O. The Kier molecular flexibility index (Phi) is 5.15. The molecule has 0 fully saturated rings. The normalized spacial score (nSPS) is 11.0. The van der Waals surface area contributed by atoms with Crippen molar-refractivity contribution in [1.82, 2.24) is 10.3 Å². The molecule has 1 aromatic carbocycles. The fourth-order valence-electron chi connectivity index (χ4n) is 1.77. The average molecular weight is 309 g/mol. The Morgan fingerprint density at radius 3 is 2.81 bits per heavy atom. The molecule has 1 N–H and O–H groups in total. The number of aromatic nitrogens is 1. The molecule has 21 heavy (non-hydrogen) atoms. The minimum absolute atomic E-state index is 0.160. The third-order valence-electron chi connectivity index (χ3n) is 2.91. The molecule has 0 atom stereocenters. The van der Waals surface area contributed by atoms with Gasteiger partial charge in [0.2, 0.25) is 5.88 Å². The smallest absolute Gasteiger partial charge is 0.219 e. The Labute approximate surface area is 129 Å². The zero-order valence-electron chi connectivity index (χ0n) is 12.3. The number of nitrogens with zero attached hydrogens (tertiary/aromatic N) is 1. The van der Waals surface area contributed by atoms with Crippen LogP contribution in [0.2, 0.25) is 5.02 Å². The predicted molar refractivity (Wildman–Crippen MR) is 82.4 cm³/mol. The number of hydrogen-bond acceptors (Lipinski definition) is 3. The highest BCUT2D eigenvalue weighted by atomic mass is 35.5. The van der Waals surface area contributed by atoms with Crippen molar-refractivity contribution >= 4 is 11.6 Å². The van der Waals surface area contributed by atoms with Gasteiger partial charge in [-0.15, -0.1) is 0 Å². The Morgan fingerprint density at radius 1 is 1.33 bits per heavy atom. The van der Waals surface area contributed by atoms with Gasteiger partial charge in [-0.1, -0.05) is 31.5 Å². The summed E-state index contributed by atoms with van der Waals surface area (Å²) in [6.07, 6.45) is 1.52. The lowest BCUT2D eigenvalue weighted by Gasteiger charge is -2.11. The van der Waals surface area contributed by atoms with Crippen LogP contribution >= 0.6 is 11.6 Å². The lowest BCUT2D eigenvalue weighted by Crippen LogP contribution is -2.22. The summed E-state index contributed by atoms with van der Waals surface area (Å²) in [5, 5.41) is 3.83. The minimum atomic E-state index is -0.417. The number of aryl methyl sites for hydroxylation is 1. The summed E-state index contributed by atoms with van der Waals surface area (Å²) in [7, 11) is 0. The maximum atomic E-state index is 13.7. The number of benzene rings is 1. The second-order valence-corrected chi connectivity index (χ2v) is 5.59. The second-order valence-electron chi connectivity index (χ2n) is 5.19. The van der Waals surface area contributed by atoms with Gasteiger partial charge in [0, 0.05) is 24.8 Å². The van der Waals surface area contributed by atoms with Crippen LogP contribution in [-0.2, 0) is 6.54 Å². The van der Waals surface area contributed by atoms with Gasteiger partial charge in [-0.3, -0.25) is 0 Å². The molecule has 0 radical (unpaired) electrons. The van der Waals surface area contributed by atoms with E-state index in [2.05, 4.69) is 24.1 Å². The monoisotopic (exact) mass is 308 g/mol. The maximum absolute atomic E-state index is 13.7. The molecule has 0 saturated carbocycles. The van der Waals surface area contributed by atoms with Crippen molar-refractivity contribution in [2.45, 2.75) is 33.4 Å². The first-order valence-corrected chi connectivity index (χ1v) is 7.15. The third-order valence-corrected chi connectivity index (χ3v) is 3.25. The lowest BCUT2D eigenvalue weighted by atomic mass is 10.2. The summed E-state index contributed by atoms with van der Waals surface area (Å²) in [5.74, 6) is 0.0660. The van der Waals surface area contributed by atoms with Crippen molar-refractivity contribution in [2.24, 2.45) is 0 Å². The predicted octanol–water partition coefficient (Wildman–Crippen LogP) is 4.47. The molecule has 3 nitrogen and oxygen atoms in total. The molecule has 2 aromatic rings. The number of halogens is 2. The van der Waals surface area contributed by atoms with E-state index in [-0.39, 0.29) is 5.75 Å². The maximum Gasteiger partial charge on any atom is 0.219 e. The molecule has 1 aromatic heterocycles. The van der Waals surface area contributed by atoms with Crippen LogP contribution in [0.25, 0.3) is 0 Å².